The lowest BCUT2D eigenvalue weighted by atomic mass is 9.59. The summed E-state index contributed by atoms with van der Waals surface area (Å²) >= 11 is 0. The number of fused-ring (bicyclic) bond motifs is 3. The van der Waals surface area contributed by atoms with E-state index in [0.717, 1.165) is 76.5 Å². The maximum Gasteiger partial charge on any atom is 0.293 e. The summed E-state index contributed by atoms with van der Waals surface area (Å²) < 4.78 is 64.4. The maximum absolute atomic E-state index is 15.4. The summed E-state index contributed by atoms with van der Waals surface area (Å²) in [5.74, 6) is -1.24. The Labute approximate surface area is 418 Å². The average Bonchev–Trinajstić information content (AvgIpc) is 3.63. The number of piperidine rings is 1. The van der Waals surface area contributed by atoms with Crippen LogP contribution in [0.1, 0.15) is 92.2 Å². The highest BCUT2D eigenvalue weighted by molar-refractivity contribution is 7.90. The van der Waals surface area contributed by atoms with E-state index in [1.165, 1.54) is 29.5 Å². The second-order valence-corrected chi connectivity index (χ2v) is 23.0. The molecule has 0 radical (unpaired) electrons. The van der Waals surface area contributed by atoms with Gasteiger partial charge in [-0.05, 0) is 124 Å². The van der Waals surface area contributed by atoms with Crippen LogP contribution >= 0.6 is 0 Å². The summed E-state index contributed by atoms with van der Waals surface area (Å²) in [6.07, 6.45) is 8.45. The molecule has 1 spiro atoms. The molecule has 5 fully saturated rings. The van der Waals surface area contributed by atoms with Gasteiger partial charge in [0.15, 0.2) is 0 Å². The van der Waals surface area contributed by atoms with Gasteiger partial charge in [0.05, 0.1) is 64.5 Å². The molecule has 6 heterocycles. The third-order valence-electron chi connectivity index (χ3n) is 16.6. The van der Waals surface area contributed by atoms with Crippen molar-refractivity contribution in [3.63, 3.8) is 0 Å². The second kappa shape index (κ2) is 19.2. The topological polar surface area (TPSA) is 205 Å². The number of anilines is 4. The number of hydrogen-bond donors (Lipinski definition) is 4. The molecule has 17 nitrogen and oxygen atoms in total. The Balaban J connectivity index is 0.878. The van der Waals surface area contributed by atoms with Gasteiger partial charge in [0.2, 0.25) is 5.88 Å². The Morgan fingerprint density at radius 3 is 2.53 bits per heavy atom. The highest BCUT2D eigenvalue weighted by Gasteiger charge is 2.50. The Hall–Kier alpha value is -5.86. The van der Waals surface area contributed by atoms with Crippen LogP contribution in [0.25, 0.3) is 11.0 Å². The summed E-state index contributed by atoms with van der Waals surface area (Å²) in [5, 5.41) is 26.1. The largest absolute Gasteiger partial charge is 0.472 e. The first-order chi connectivity index (χ1) is 34.6. The Morgan fingerprint density at radius 1 is 0.972 bits per heavy atom. The van der Waals surface area contributed by atoms with Gasteiger partial charge in [-0.25, -0.2) is 17.5 Å². The van der Waals surface area contributed by atoms with Crippen molar-refractivity contribution in [2.45, 2.75) is 100 Å². The Bertz CT molecular complexity index is 2980. The van der Waals surface area contributed by atoms with Crippen LogP contribution < -0.4 is 24.6 Å². The molecule has 0 unspecified atom stereocenters. The number of nitro groups is 1. The molecule has 4 aliphatic heterocycles. The lowest BCUT2D eigenvalue weighted by Crippen LogP contribution is -2.57. The van der Waals surface area contributed by atoms with E-state index < -0.39 is 42.9 Å². The number of aromatic amines is 1. The first-order valence-electron chi connectivity index (χ1n) is 25.4. The van der Waals surface area contributed by atoms with Gasteiger partial charge in [-0.15, -0.1) is 0 Å². The standard InChI is InChI=1S/C53H63FN8O9S/c1-33-5-3-4-6-39(33)47-32-70-22-20-60(47)37-26-53(27-37)16-18-59(19-17-53)36-7-9-40(44(23-36)61-30-35-31-69-21-13-48(35)71-51-46(61)25-41-42(54)29-56-49(41)57-51)50(63)58-72(67,68)38-8-10-43(45(24-38)62(65)66)55-28-34-11-14-52(2,64)15-12-34/h3-10,23-25,29,34-35,37,47-48,55,64H,11-22,26-28,30-32H2,1-2H3,(H,56,57)(H,58,63)/t34?,35-,47+,48-,52?/m1/s1. The molecule has 0 bridgehead atoms. The quantitative estimate of drug-likeness (QED) is 0.0729. The number of hydrogen-bond acceptors (Lipinski definition) is 14. The summed E-state index contributed by atoms with van der Waals surface area (Å²) in [6, 6.07) is 19.8. The van der Waals surface area contributed by atoms with Crippen LogP contribution in [0.3, 0.4) is 0 Å². The number of nitro benzene ring substituents is 1. The van der Waals surface area contributed by atoms with Crippen molar-refractivity contribution < 1.29 is 41.8 Å². The van der Waals surface area contributed by atoms with Crippen molar-refractivity contribution in [3.8, 4) is 5.88 Å². The fourth-order valence-corrected chi connectivity index (χ4v) is 13.3. The van der Waals surface area contributed by atoms with Gasteiger partial charge in [0, 0.05) is 69.1 Å². The fraction of sp³-hybridized carbons (Fsp3) is 0.509. The van der Waals surface area contributed by atoms with E-state index >= 15 is 4.39 Å². The number of aromatic nitrogens is 2. The number of halogens is 1. The van der Waals surface area contributed by atoms with Crippen LogP contribution in [0.2, 0.25) is 0 Å². The molecule has 2 aliphatic carbocycles. The molecule has 3 saturated heterocycles. The van der Waals surface area contributed by atoms with Gasteiger partial charge in [0.25, 0.3) is 21.6 Å². The van der Waals surface area contributed by atoms with E-state index in [1.54, 1.807) is 19.1 Å². The molecule has 382 valence electrons. The van der Waals surface area contributed by atoms with Crippen molar-refractivity contribution >= 4 is 55.4 Å². The van der Waals surface area contributed by atoms with E-state index in [1.807, 2.05) is 17.0 Å². The number of carbonyl (C=O) groups is 1. The van der Waals surface area contributed by atoms with Crippen LogP contribution in [-0.2, 0) is 19.5 Å². The number of pyridine rings is 1. The molecular weight excluding hydrogens is 944 g/mol. The maximum atomic E-state index is 15.4. The molecule has 11 rings (SSSR count). The van der Waals surface area contributed by atoms with E-state index in [2.05, 4.69) is 56.0 Å². The lowest BCUT2D eigenvalue weighted by Gasteiger charge is -2.57. The van der Waals surface area contributed by atoms with Crippen LogP contribution in [-0.4, -0.2) is 116 Å². The average molecular weight is 1010 g/mol. The molecule has 3 aromatic carbocycles. The van der Waals surface area contributed by atoms with E-state index in [0.29, 0.717) is 68.7 Å². The van der Waals surface area contributed by atoms with Gasteiger partial charge in [0.1, 0.15) is 28.9 Å². The van der Waals surface area contributed by atoms with Gasteiger partial charge >= 0.3 is 0 Å². The van der Waals surface area contributed by atoms with Crippen molar-refractivity contribution in [3.05, 3.63) is 106 Å². The number of H-pyrrole nitrogens is 1. The molecule has 72 heavy (non-hydrogen) atoms. The Morgan fingerprint density at radius 2 is 1.75 bits per heavy atom. The first kappa shape index (κ1) is 48.4. The number of nitrogens with zero attached hydrogens (tertiary/aromatic N) is 5. The highest BCUT2D eigenvalue weighted by Crippen LogP contribution is 2.53. The first-order valence-corrected chi connectivity index (χ1v) is 26.9. The predicted octanol–water partition coefficient (Wildman–Crippen LogP) is 8.15. The van der Waals surface area contributed by atoms with Crippen molar-refractivity contribution in [1.29, 1.82) is 0 Å². The smallest absolute Gasteiger partial charge is 0.293 e. The van der Waals surface area contributed by atoms with Crippen molar-refractivity contribution in [2.75, 3.05) is 74.3 Å². The molecule has 1 amide bonds. The van der Waals surface area contributed by atoms with Crippen molar-refractivity contribution in [2.24, 2.45) is 17.3 Å². The fourth-order valence-electron chi connectivity index (χ4n) is 12.3. The number of rotatable bonds is 11. The zero-order chi connectivity index (χ0) is 49.9. The summed E-state index contributed by atoms with van der Waals surface area (Å²) in [4.78, 5) is 40.4. The number of aliphatic hydroxyl groups is 1. The molecule has 3 atom stereocenters. The zero-order valence-electron chi connectivity index (χ0n) is 40.8. The van der Waals surface area contributed by atoms with Crippen LogP contribution in [0.4, 0.5) is 32.8 Å². The molecule has 6 aliphatic rings. The number of morpholine rings is 1. The molecule has 5 aromatic rings. The number of ether oxygens (including phenoxy) is 3. The number of benzene rings is 3. The highest BCUT2D eigenvalue weighted by atomic mass is 32.2. The van der Waals surface area contributed by atoms with Gasteiger partial charge in [-0.2, -0.15) is 4.98 Å². The molecule has 2 aromatic heterocycles. The number of carbonyl (C=O) groups excluding carboxylic acids is 1. The van der Waals surface area contributed by atoms with E-state index in [4.69, 9.17) is 19.2 Å². The minimum atomic E-state index is -4.67. The predicted molar refractivity (Wildman–Crippen MR) is 270 cm³/mol. The normalized spacial score (nSPS) is 25.7. The molecule has 2 saturated carbocycles. The molecular formula is C53H63FN8O9S. The van der Waals surface area contributed by atoms with E-state index in [-0.39, 0.29) is 58.5 Å². The van der Waals surface area contributed by atoms with E-state index in [9.17, 15) is 28.4 Å². The third-order valence-corrected chi connectivity index (χ3v) is 18.0. The van der Waals surface area contributed by atoms with Crippen LogP contribution in [0.5, 0.6) is 5.88 Å². The SMILES string of the molecule is Cc1ccccc1[C@@H]1COCCN1C1CC2(CCN(c3ccc(C(=O)NS(=O)(=O)c4ccc(NCC5CCC(C)(O)CC5)c([N+](=O)[O-])c4)c(N4C[C@@H]5COCC[C@H]5Oc5nc6[nH]cc(F)c6cc54)c3)CC2)C1. The molecule has 4 N–H and O–H groups in total. The second-order valence-electron chi connectivity index (χ2n) is 21.4. The summed E-state index contributed by atoms with van der Waals surface area (Å²) in [5.41, 5.74) is 3.72. The minimum Gasteiger partial charge on any atom is -0.472 e. The zero-order valence-corrected chi connectivity index (χ0v) is 41.6. The van der Waals surface area contributed by atoms with Crippen LogP contribution in [0, 0.1) is 40.1 Å². The molecule has 19 heteroatoms. The number of aryl methyl sites for hydroxylation is 1. The van der Waals surface area contributed by atoms with Gasteiger partial charge in [-0.3, -0.25) is 19.8 Å². The van der Waals surface area contributed by atoms with Crippen molar-refractivity contribution in [1.82, 2.24) is 19.6 Å². The van der Waals surface area contributed by atoms with Gasteiger partial charge < -0.3 is 39.4 Å². The lowest BCUT2D eigenvalue weighted by molar-refractivity contribution is -0.384. The monoisotopic (exact) mass is 1010 g/mol. The van der Waals surface area contributed by atoms with Crippen LogP contribution in [0.15, 0.2) is 77.8 Å². The number of amides is 1. The summed E-state index contributed by atoms with van der Waals surface area (Å²) in [7, 11) is -4.67. The van der Waals surface area contributed by atoms with Gasteiger partial charge in [-0.1, -0.05) is 24.3 Å². The Kier molecular flexibility index (Phi) is 12.9. The minimum absolute atomic E-state index is 0.0152. The number of nitrogens with one attached hydrogen (secondary N) is 3. The summed E-state index contributed by atoms with van der Waals surface area (Å²) in [6.45, 7) is 9.38. The number of sulfonamides is 1. The third kappa shape index (κ3) is 9.49.